The van der Waals surface area contributed by atoms with E-state index >= 15 is 0 Å². The molecule has 4 N–H and O–H groups in total. The third-order valence-electron chi connectivity index (χ3n) is 7.46. The number of methoxy groups -OCH3 is 1. The number of halogens is 2. The van der Waals surface area contributed by atoms with Crippen molar-refractivity contribution >= 4 is 28.8 Å². The summed E-state index contributed by atoms with van der Waals surface area (Å²) in [6.45, 7) is 3.56. The van der Waals surface area contributed by atoms with Gasteiger partial charge < -0.3 is 35.4 Å². The zero-order valence-corrected chi connectivity index (χ0v) is 23.4. The summed E-state index contributed by atoms with van der Waals surface area (Å²) in [4.78, 5) is 20.0. The highest BCUT2D eigenvalue weighted by atomic mass is 19.2. The molecule has 2 aliphatic rings. The number of piperidine rings is 1. The lowest BCUT2D eigenvalue weighted by molar-refractivity contribution is -0.118. The number of aromatic nitrogens is 2. The number of ether oxygens (including phenoxy) is 2. The van der Waals surface area contributed by atoms with Crippen LogP contribution in [0.4, 0.5) is 25.8 Å². The Kier molecular flexibility index (Phi) is 9.18. The third-order valence-corrected chi connectivity index (χ3v) is 7.46. The number of likely N-dealkylation sites (tertiary alicyclic amines) is 1. The fraction of sp³-hybridized carbons (Fsp3) is 0.414. The molecule has 0 bridgehead atoms. The molecule has 0 atom stereocenters. The number of hydrogen-bond acceptors (Lipinski definition) is 8. The molecule has 42 heavy (non-hydrogen) atoms. The van der Waals surface area contributed by atoms with Crippen molar-refractivity contribution < 1.29 is 28.2 Å². The fourth-order valence-corrected chi connectivity index (χ4v) is 5.21. The average Bonchev–Trinajstić information content (AvgIpc) is 3.43. The van der Waals surface area contributed by atoms with Gasteiger partial charge in [0.15, 0.2) is 23.1 Å². The van der Waals surface area contributed by atoms with Crippen LogP contribution in [0.3, 0.4) is 0 Å². The molecular weight excluding hydrogens is 548 g/mol. The Balaban J connectivity index is 1.40. The van der Waals surface area contributed by atoms with Gasteiger partial charge in [0, 0.05) is 24.8 Å². The van der Waals surface area contributed by atoms with E-state index in [0.717, 1.165) is 45.0 Å². The molecule has 11 nitrogen and oxygen atoms in total. The Bertz CT molecular complexity index is 1440. The maximum absolute atomic E-state index is 14.9. The van der Waals surface area contributed by atoms with Gasteiger partial charge in [-0.1, -0.05) is 6.07 Å². The molecule has 1 fully saturated rings. The first-order chi connectivity index (χ1) is 20.4. The van der Waals surface area contributed by atoms with Gasteiger partial charge in [-0.3, -0.25) is 9.48 Å². The van der Waals surface area contributed by atoms with Crippen LogP contribution in [0.5, 0.6) is 11.5 Å². The summed E-state index contributed by atoms with van der Waals surface area (Å²) >= 11 is 0. The number of amidine groups is 1. The van der Waals surface area contributed by atoms with Crippen LogP contribution in [-0.2, 0) is 11.3 Å². The minimum absolute atomic E-state index is 0.00116. The van der Waals surface area contributed by atoms with E-state index in [1.54, 1.807) is 12.3 Å². The Morgan fingerprint density at radius 2 is 2.05 bits per heavy atom. The summed E-state index contributed by atoms with van der Waals surface area (Å²) in [6.07, 6.45) is 5.84. The van der Waals surface area contributed by atoms with Crippen molar-refractivity contribution in [3.8, 4) is 11.5 Å². The van der Waals surface area contributed by atoms with E-state index in [1.165, 1.54) is 35.0 Å². The second-order valence-electron chi connectivity index (χ2n) is 10.4. The van der Waals surface area contributed by atoms with Gasteiger partial charge in [0.25, 0.3) is 0 Å². The van der Waals surface area contributed by atoms with E-state index in [9.17, 15) is 18.7 Å². The zero-order chi connectivity index (χ0) is 29.6. The van der Waals surface area contributed by atoms with Crippen LogP contribution in [0.15, 0.2) is 47.7 Å². The molecule has 3 aromatic rings. The summed E-state index contributed by atoms with van der Waals surface area (Å²) in [7, 11) is 1.53. The van der Waals surface area contributed by atoms with Crippen LogP contribution in [0.25, 0.3) is 0 Å². The van der Waals surface area contributed by atoms with Crippen molar-refractivity contribution in [2.75, 3.05) is 56.8 Å². The molecule has 2 aliphatic heterocycles. The molecule has 0 radical (unpaired) electrons. The number of aliphatic hydroxyl groups is 1. The second-order valence-corrected chi connectivity index (χ2v) is 10.4. The predicted octanol–water partition coefficient (Wildman–Crippen LogP) is 3.10. The number of rotatable bonds is 11. The van der Waals surface area contributed by atoms with Crippen LogP contribution < -0.4 is 25.4 Å². The second kappa shape index (κ2) is 13.2. The minimum Gasteiger partial charge on any atom is -0.493 e. The van der Waals surface area contributed by atoms with Crippen molar-refractivity contribution in [1.82, 2.24) is 14.7 Å². The van der Waals surface area contributed by atoms with E-state index in [-0.39, 0.29) is 25.5 Å². The lowest BCUT2D eigenvalue weighted by atomic mass is 9.98. The summed E-state index contributed by atoms with van der Waals surface area (Å²) in [5.41, 5.74) is 6.92. The number of carbonyl (C=O) groups excluding carboxylic acids is 1. The maximum Gasteiger partial charge on any atom is 0.239 e. The number of fused-ring (bicyclic) bond motifs is 1. The number of nitrogens with two attached hydrogens (primary N) is 1. The Labute approximate surface area is 242 Å². The Hall–Kier alpha value is -4.23. The van der Waals surface area contributed by atoms with Crippen LogP contribution in [0, 0.1) is 17.6 Å². The lowest BCUT2D eigenvalue weighted by Gasteiger charge is -2.33. The van der Waals surface area contributed by atoms with Gasteiger partial charge >= 0.3 is 0 Å². The maximum atomic E-state index is 14.9. The van der Waals surface area contributed by atoms with Crippen LogP contribution in [-0.4, -0.2) is 78.2 Å². The largest absolute Gasteiger partial charge is 0.493 e. The van der Waals surface area contributed by atoms with Crippen LogP contribution >= 0.6 is 0 Å². The smallest absolute Gasteiger partial charge is 0.239 e. The molecule has 1 saturated heterocycles. The Morgan fingerprint density at radius 1 is 1.24 bits per heavy atom. The highest BCUT2D eigenvalue weighted by Gasteiger charge is 2.29. The van der Waals surface area contributed by atoms with Gasteiger partial charge in [0.05, 0.1) is 44.2 Å². The SMILES string of the molecule is COc1cc2c(cc1OCCCN1CCC(CO)CC1)NCN(c1cccc(F)c1F)C2=Nc1cnn(CC(N)=O)c1. The first-order valence-corrected chi connectivity index (χ1v) is 13.9. The number of hydrogen-bond donors (Lipinski definition) is 3. The van der Waals surface area contributed by atoms with Crippen molar-refractivity contribution in [3.05, 3.63) is 59.9 Å². The molecule has 3 heterocycles. The number of aliphatic imine (C=N–C) groups is 1. The van der Waals surface area contributed by atoms with Gasteiger partial charge in [-0.05, 0) is 56.5 Å². The van der Waals surface area contributed by atoms with Crippen molar-refractivity contribution in [2.45, 2.75) is 25.8 Å². The molecule has 1 aromatic heterocycles. The molecular formula is C29H35F2N7O4. The fourth-order valence-electron chi connectivity index (χ4n) is 5.21. The first-order valence-electron chi connectivity index (χ1n) is 13.9. The minimum atomic E-state index is -1.01. The molecule has 1 amide bonds. The third kappa shape index (κ3) is 6.63. The number of aliphatic hydroxyl groups excluding tert-OH is 1. The first kappa shape index (κ1) is 29.3. The van der Waals surface area contributed by atoms with Crippen molar-refractivity contribution in [3.63, 3.8) is 0 Å². The van der Waals surface area contributed by atoms with Gasteiger partial charge in [-0.2, -0.15) is 5.10 Å². The molecule has 0 unspecified atom stereocenters. The summed E-state index contributed by atoms with van der Waals surface area (Å²) in [5, 5.41) is 16.7. The van der Waals surface area contributed by atoms with Crippen LogP contribution in [0.2, 0.25) is 0 Å². The molecule has 0 spiro atoms. The van der Waals surface area contributed by atoms with E-state index in [2.05, 4.69) is 15.3 Å². The van der Waals surface area contributed by atoms with E-state index in [1.807, 2.05) is 6.07 Å². The number of amides is 1. The standard InChI is InChI=1S/C29H35F2N7O4/c1-41-25-12-21-23(13-26(25)42-11-3-8-36-9-6-19(17-39)7-10-36)33-18-38(24-5-2-4-22(30)28(24)31)29(21)35-20-14-34-37(15-20)16-27(32)40/h2,4-5,12-15,19,33,39H,3,6-11,16-18H2,1H3,(H2,32,40). The molecule has 0 aliphatic carbocycles. The van der Waals surface area contributed by atoms with Gasteiger partial charge in [-0.25, -0.2) is 13.8 Å². The lowest BCUT2D eigenvalue weighted by Crippen LogP contribution is -2.41. The quantitative estimate of drug-likeness (QED) is 0.294. The number of nitrogens with zero attached hydrogens (tertiary/aromatic N) is 5. The summed E-state index contributed by atoms with van der Waals surface area (Å²) < 4.78 is 42.3. The number of nitrogens with one attached hydrogen (secondary N) is 1. The van der Waals surface area contributed by atoms with Crippen molar-refractivity contribution in [2.24, 2.45) is 16.6 Å². The number of primary amides is 1. The predicted molar refractivity (Wildman–Crippen MR) is 154 cm³/mol. The van der Waals surface area contributed by atoms with E-state index in [0.29, 0.717) is 46.8 Å². The summed E-state index contributed by atoms with van der Waals surface area (Å²) in [6, 6.07) is 7.51. The molecule has 224 valence electrons. The molecule has 2 aromatic carbocycles. The zero-order valence-electron chi connectivity index (χ0n) is 23.4. The van der Waals surface area contributed by atoms with E-state index in [4.69, 9.17) is 20.2 Å². The van der Waals surface area contributed by atoms with Gasteiger partial charge in [0.1, 0.15) is 18.1 Å². The highest BCUT2D eigenvalue weighted by molar-refractivity contribution is 6.16. The molecule has 5 rings (SSSR count). The topological polar surface area (TPSA) is 130 Å². The van der Waals surface area contributed by atoms with Gasteiger partial charge in [0.2, 0.25) is 5.91 Å². The monoisotopic (exact) mass is 583 g/mol. The van der Waals surface area contributed by atoms with Crippen LogP contribution in [0.1, 0.15) is 24.8 Å². The molecule has 13 heteroatoms. The Morgan fingerprint density at radius 3 is 2.79 bits per heavy atom. The number of carbonyl (C=O) groups is 1. The van der Waals surface area contributed by atoms with Gasteiger partial charge in [-0.15, -0.1) is 0 Å². The summed E-state index contributed by atoms with van der Waals surface area (Å²) in [5.74, 6) is -0.824. The van der Waals surface area contributed by atoms with E-state index < -0.39 is 17.5 Å². The number of benzene rings is 2. The average molecular weight is 584 g/mol. The number of anilines is 2. The normalized spacial score (nSPS) is 16.8. The van der Waals surface area contributed by atoms with Crippen molar-refractivity contribution in [1.29, 1.82) is 0 Å². The highest BCUT2D eigenvalue weighted by Crippen LogP contribution is 2.38. The molecule has 0 saturated carbocycles.